The Hall–Kier alpha value is -2.35. The number of aromatic nitrogens is 2. The highest BCUT2D eigenvalue weighted by Gasteiger charge is 2.17. The van der Waals surface area contributed by atoms with E-state index >= 15 is 0 Å². The summed E-state index contributed by atoms with van der Waals surface area (Å²) in [4.78, 5) is 18.6. The van der Waals surface area contributed by atoms with Crippen molar-refractivity contribution in [3.63, 3.8) is 0 Å². The molecule has 0 aliphatic carbocycles. The molecule has 0 radical (unpaired) electrons. The number of methoxy groups -OCH3 is 1. The van der Waals surface area contributed by atoms with E-state index in [9.17, 15) is 4.79 Å². The number of fused-ring (bicyclic) bond motifs is 1. The molecule has 80 valence electrons. The first kappa shape index (κ1) is 10.2. The maximum Gasteiger partial charge on any atom is 0.340 e. The quantitative estimate of drug-likeness (QED) is 0.731. The Morgan fingerprint density at radius 2 is 2.38 bits per heavy atom. The third-order valence-electron chi connectivity index (χ3n) is 2.36. The van der Waals surface area contributed by atoms with Crippen LogP contribution in [0.15, 0.2) is 12.3 Å². The molecule has 2 heterocycles. The number of nitriles is 1. The van der Waals surface area contributed by atoms with Gasteiger partial charge in [0.05, 0.1) is 18.2 Å². The van der Waals surface area contributed by atoms with Gasteiger partial charge in [0.2, 0.25) is 0 Å². The molecular weight excluding hydrogens is 206 g/mol. The summed E-state index contributed by atoms with van der Waals surface area (Å²) >= 11 is 0. The first-order chi connectivity index (χ1) is 7.67. The number of nitrogens with one attached hydrogen (secondary N) is 1. The van der Waals surface area contributed by atoms with E-state index in [4.69, 9.17) is 5.26 Å². The van der Waals surface area contributed by atoms with Crippen LogP contribution in [0.3, 0.4) is 0 Å². The number of H-pyrrole nitrogens is 1. The monoisotopic (exact) mass is 215 g/mol. The first-order valence-corrected chi connectivity index (χ1v) is 4.64. The van der Waals surface area contributed by atoms with E-state index in [1.165, 1.54) is 13.3 Å². The number of aryl methyl sites for hydroxylation is 1. The number of pyridine rings is 1. The zero-order valence-electron chi connectivity index (χ0n) is 8.87. The molecule has 16 heavy (non-hydrogen) atoms. The summed E-state index contributed by atoms with van der Waals surface area (Å²) in [5, 5.41) is 9.39. The molecule has 0 atom stereocenters. The van der Waals surface area contributed by atoms with Gasteiger partial charge in [0, 0.05) is 17.3 Å². The van der Waals surface area contributed by atoms with Gasteiger partial charge in [0.15, 0.2) is 0 Å². The van der Waals surface area contributed by atoms with Crippen molar-refractivity contribution < 1.29 is 9.53 Å². The van der Waals surface area contributed by atoms with E-state index in [-0.39, 0.29) is 0 Å². The molecule has 2 aromatic heterocycles. The van der Waals surface area contributed by atoms with Crippen molar-refractivity contribution in [1.29, 1.82) is 5.26 Å². The van der Waals surface area contributed by atoms with Crippen molar-refractivity contribution in [2.45, 2.75) is 6.92 Å². The van der Waals surface area contributed by atoms with Crippen LogP contribution in [0.1, 0.15) is 21.6 Å². The van der Waals surface area contributed by atoms with Crippen LogP contribution < -0.4 is 0 Å². The van der Waals surface area contributed by atoms with Crippen molar-refractivity contribution >= 4 is 17.0 Å². The molecule has 2 aromatic rings. The zero-order valence-corrected chi connectivity index (χ0v) is 8.87. The Kier molecular flexibility index (Phi) is 2.33. The van der Waals surface area contributed by atoms with Gasteiger partial charge in [-0.1, -0.05) is 0 Å². The van der Waals surface area contributed by atoms with Gasteiger partial charge < -0.3 is 9.72 Å². The smallest absolute Gasteiger partial charge is 0.340 e. The SMILES string of the molecule is COC(=O)c1c(C)[nH]c2ncc(C#N)cc12. The van der Waals surface area contributed by atoms with E-state index in [1.54, 1.807) is 13.0 Å². The molecule has 0 saturated heterocycles. The third-order valence-corrected chi connectivity index (χ3v) is 2.36. The minimum atomic E-state index is -0.430. The normalized spacial score (nSPS) is 10.1. The standard InChI is InChI=1S/C11H9N3O2/c1-6-9(11(15)16-2)8-3-7(4-12)5-13-10(8)14-6/h3,5H,1-2H3,(H,13,14). The maximum absolute atomic E-state index is 11.6. The molecule has 0 aromatic carbocycles. The van der Waals surface area contributed by atoms with Crippen LogP contribution in [-0.4, -0.2) is 23.0 Å². The molecule has 2 rings (SSSR count). The lowest BCUT2D eigenvalue weighted by atomic mass is 10.1. The van der Waals surface area contributed by atoms with Crippen LogP contribution in [0.25, 0.3) is 11.0 Å². The van der Waals surface area contributed by atoms with Gasteiger partial charge in [-0.2, -0.15) is 5.26 Å². The lowest BCUT2D eigenvalue weighted by molar-refractivity contribution is 0.0602. The molecule has 0 bridgehead atoms. The Labute approximate surface area is 91.7 Å². The van der Waals surface area contributed by atoms with Crippen LogP contribution >= 0.6 is 0 Å². The van der Waals surface area contributed by atoms with Gasteiger partial charge in [-0.05, 0) is 13.0 Å². The summed E-state index contributed by atoms with van der Waals surface area (Å²) < 4.78 is 4.69. The van der Waals surface area contributed by atoms with E-state index in [0.717, 1.165) is 0 Å². The fourth-order valence-corrected chi connectivity index (χ4v) is 1.62. The number of nitrogens with zero attached hydrogens (tertiary/aromatic N) is 2. The zero-order chi connectivity index (χ0) is 11.7. The molecular formula is C11H9N3O2. The average molecular weight is 215 g/mol. The lowest BCUT2D eigenvalue weighted by Gasteiger charge is -1.98. The first-order valence-electron chi connectivity index (χ1n) is 4.64. The number of aromatic amines is 1. The fraction of sp³-hybridized carbons (Fsp3) is 0.182. The summed E-state index contributed by atoms with van der Waals surface area (Å²) in [5.41, 5.74) is 2.11. The van der Waals surface area contributed by atoms with Crippen LogP contribution in [0.2, 0.25) is 0 Å². The number of rotatable bonds is 1. The molecule has 0 saturated carbocycles. The molecule has 0 fully saturated rings. The second-order valence-corrected chi connectivity index (χ2v) is 3.35. The van der Waals surface area contributed by atoms with Gasteiger partial charge in [-0.15, -0.1) is 0 Å². The van der Waals surface area contributed by atoms with Crippen LogP contribution in [0, 0.1) is 18.3 Å². The molecule has 0 unspecified atom stereocenters. The second kappa shape index (κ2) is 3.66. The number of esters is 1. The molecule has 5 heteroatoms. The minimum Gasteiger partial charge on any atom is -0.465 e. The van der Waals surface area contributed by atoms with E-state index < -0.39 is 5.97 Å². The maximum atomic E-state index is 11.6. The van der Waals surface area contributed by atoms with Crippen LogP contribution in [0.5, 0.6) is 0 Å². The van der Waals surface area contributed by atoms with Crippen molar-refractivity contribution in [2.75, 3.05) is 7.11 Å². The summed E-state index contributed by atoms with van der Waals surface area (Å²) in [6, 6.07) is 3.61. The molecule has 0 amide bonds. The van der Waals surface area contributed by atoms with E-state index in [0.29, 0.717) is 27.9 Å². The number of hydrogen-bond donors (Lipinski definition) is 1. The summed E-state index contributed by atoms with van der Waals surface area (Å²) in [5.74, 6) is -0.430. The number of ether oxygens (including phenoxy) is 1. The van der Waals surface area contributed by atoms with Crippen molar-refractivity contribution in [1.82, 2.24) is 9.97 Å². The molecule has 0 aliphatic heterocycles. The average Bonchev–Trinajstić information content (AvgIpc) is 2.63. The van der Waals surface area contributed by atoms with Gasteiger partial charge in [0.1, 0.15) is 11.7 Å². The van der Waals surface area contributed by atoms with Crippen molar-refractivity contribution in [2.24, 2.45) is 0 Å². The summed E-state index contributed by atoms with van der Waals surface area (Å²) in [6.45, 7) is 1.76. The van der Waals surface area contributed by atoms with Gasteiger partial charge >= 0.3 is 5.97 Å². The van der Waals surface area contributed by atoms with Gasteiger partial charge in [-0.25, -0.2) is 9.78 Å². The fourth-order valence-electron chi connectivity index (χ4n) is 1.62. The second-order valence-electron chi connectivity index (χ2n) is 3.35. The van der Waals surface area contributed by atoms with Crippen molar-refractivity contribution in [3.8, 4) is 6.07 Å². The Morgan fingerprint density at radius 3 is 3.00 bits per heavy atom. The van der Waals surface area contributed by atoms with E-state index in [1.807, 2.05) is 6.07 Å². The van der Waals surface area contributed by atoms with Gasteiger partial charge in [-0.3, -0.25) is 0 Å². The van der Waals surface area contributed by atoms with Crippen LogP contribution in [-0.2, 0) is 4.74 Å². The summed E-state index contributed by atoms with van der Waals surface area (Å²) in [6.07, 6.45) is 1.46. The van der Waals surface area contributed by atoms with E-state index in [2.05, 4.69) is 14.7 Å². The minimum absolute atomic E-state index is 0.414. The summed E-state index contributed by atoms with van der Waals surface area (Å²) in [7, 11) is 1.32. The molecule has 0 spiro atoms. The molecule has 0 aliphatic rings. The Morgan fingerprint density at radius 1 is 1.62 bits per heavy atom. The lowest BCUT2D eigenvalue weighted by Crippen LogP contribution is -2.02. The topological polar surface area (TPSA) is 78.8 Å². The third kappa shape index (κ3) is 1.41. The number of carbonyl (C=O) groups is 1. The highest BCUT2D eigenvalue weighted by molar-refractivity contribution is 6.04. The predicted octanol–water partition coefficient (Wildman–Crippen LogP) is 1.53. The predicted molar refractivity (Wildman–Crippen MR) is 56.9 cm³/mol. The molecule has 5 nitrogen and oxygen atoms in total. The Balaban J connectivity index is 2.77. The van der Waals surface area contributed by atoms with Crippen LogP contribution in [0.4, 0.5) is 0 Å². The van der Waals surface area contributed by atoms with Crippen molar-refractivity contribution in [3.05, 3.63) is 29.1 Å². The molecule has 1 N–H and O–H groups in total. The highest BCUT2D eigenvalue weighted by Crippen LogP contribution is 2.22. The Bertz CT molecular complexity index is 607. The number of hydrogen-bond acceptors (Lipinski definition) is 4. The largest absolute Gasteiger partial charge is 0.465 e. The van der Waals surface area contributed by atoms with Gasteiger partial charge in [0.25, 0.3) is 0 Å². The highest BCUT2D eigenvalue weighted by atomic mass is 16.5. The number of carbonyl (C=O) groups excluding carboxylic acids is 1.